The fourth-order valence-corrected chi connectivity index (χ4v) is 5.25. The van der Waals surface area contributed by atoms with E-state index in [0.717, 1.165) is 36.9 Å². The number of benzene rings is 1. The first-order chi connectivity index (χ1) is 19.3. The number of rotatable bonds is 5. The highest BCUT2D eigenvalue weighted by Crippen LogP contribution is 2.32. The number of anilines is 2. The number of aromatic nitrogens is 2. The fourth-order valence-electron chi connectivity index (χ4n) is 5.25. The largest absolute Gasteiger partial charge is 0.382 e. The first-order valence-electron chi connectivity index (χ1n) is 13.6. The highest BCUT2D eigenvalue weighted by Gasteiger charge is 2.26. The minimum Gasteiger partial charge on any atom is -0.382 e. The molecular weight excluding hydrogens is 511 g/mol. The van der Waals surface area contributed by atoms with Gasteiger partial charge in [0, 0.05) is 32.4 Å². The van der Waals surface area contributed by atoms with Gasteiger partial charge in [-0.05, 0) is 55.7 Å². The van der Waals surface area contributed by atoms with Crippen LogP contribution in [-0.4, -0.2) is 55.1 Å². The van der Waals surface area contributed by atoms with Crippen LogP contribution in [0.3, 0.4) is 0 Å². The Hall–Kier alpha value is -3.99. The molecule has 9 nitrogen and oxygen atoms in total. The van der Waals surface area contributed by atoms with Gasteiger partial charge in [0.25, 0.3) is 5.56 Å². The second-order valence-corrected chi connectivity index (χ2v) is 10.2. The molecule has 1 aliphatic carbocycles. The smallest absolute Gasteiger partial charge is 0.270 e. The molecule has 10 heteroatoms. The highest BCUT2D eigenvalue weighted by atomic mass is 19.1. The van der Waals surface area contributed by atoms with Crippen molar-refractivity contribution in [2.75, 3.05) is 43.6 Å². The van der Waals surface area contributed by atoms with Gasteiger partial charge in [-0.25, -0.2) is 9.37 Å². The Labute approximate surface area is 233 Å². The Morgan fingerprint density at radius 1 is 1.15 bits per heavy atom. The van der Waals surface area contributed by atoms with Crippen LogP contribution in [0, 0.1) is 35.4 Å². The first kappa shape index (κ1) is 29.0. The average Bonchev–Trinajstić information content (AvgIpc) is 2.99. The number of nitriles is 2. The van der Waals surface area contributed by atoms with Crippen LogP contribution >= 0.6 is 0 Å². The molecule has 1 aliphatic heterocycles. The molecule has 1 saturated carbocycles. The van der Waals surface area contributed by atoms with E-state index in [1.807, 2.05) is 24.9 Å². The van der Waals surface area contributed by atoms with Crippen LogP contribution in [0.2, 0.25) is 0 Å². The lowest BCUT2D eigenvalue weighted by Crippen LogP contribution is -2.36. The molecule has 3 heterocycles. The SMILES string of the molecule is CN(c1c(C#N)c(=O)n(C)c2ccc(C#N)nc12)C1CCCCC1.Cc1cc(F)ccc1NCC1COCCO1. The topological polar surface area (TPSA) is 116 Å². The lowest BCUT2D eigenvalue weighted by molar-refractivity contribution is -0.0818. The standard InChI is InChI=1S/C18H19N5O.C12H16FNO2/c1-22(13-6-4-3-5-7-13)17-14(11-20)18(24)23(2)15-9-8-12(10-19)21-16(15)17;1-9-6-10(13)2-3-12(9)14-7-11-8-15-4-5-16-11/h8-9,13H,3-7H2,1-2H3;2-3,6,11,14H,4-5,7-8H2,1H3. The molecule has 1 N–H and O–H groups in total. The van der Waals surface area contributed by atoms with Crippen molar-refractivity contribution in [2.24, 2.45) is 7.05 Å². The predicted octanol–water partition coefficient (Wildman–Crippen LogP) is 4.41. The van der Waals surface area contributed by atoms with Gasteiger partial charge in [-0.3, -0.25) is 4.79 Å². The van der Waals surface area contributed by atoms with E-state index in [4.69, 9.17) is 14.7 Å². The third-order valence-corrected chi connectivity index (χ3v) is 7.51. The van der Waals surface area contributed by atoms with Crippen LogP contribution in [-0.2, 0) is 16.5 Å². The number of halogens is 1. The zero-order valence-electron chi connectivity index (χ0n) is 23.2. The van der Waals surface area contributed by atoms with Crippen molar-refractivity contribution < 1.29 is 13.9 Å². The monoisotopic (exact) mass is 546 g/mol. The second kappa shape index (κ2) is 13.4. The Balaban J connectivity index is 0.000000201. The molecule has 2 aliphatic rings. The lowest BCUT2D eigenvalue weighted by atomic mass is 9.93. The molecule has 5 rings (SSSR count). The summed E-state index contributed by atoms with van der Waals surface area (Å²) in [7, 11) is 3.55. The summed E-state index contributed by atoms with van der Waals surface area (Å²) >= 11 is 0. The van der Waals surface area contributed by atoms with E-state index in [1.165, 1.54) is 23.1 Å². The van der Waals surface area contributed by atoms with Crippen LogP contribution in [0.25, 0.3) is 11.0 Å². The molecule has 1 aromatic carbocycles. The summed E-state index contributed by atoms with van der Waals surface area (Å²) < 4.78 is 25.1. The van der Waals surface area contributed by atoms with E-state index in [0.29, 0.717) is 43.1 Å². The predicted molar refractivity (Wildman–Crippen MR) is 152 cm³/mol. The maximum atomic E-state index is 12.9. The van der Waals surface area contributed by atoms with Crippen molar-refractivity contribution in [3.63, 3.8) is 0 Å². The van der Waals surface area contributed by atoms with Crippen molar-refractivity contribution in [2.45, 2.75) is 51.2 Å². The van der Waals surface area contributed by atoms with E-state index < -0.39 is 0 Å². The summed E-state index contributed by atoms with van der Waals surface area (Å²) in [5.74, 6) is -0.208. The lowest BCUT2D eigenvalue weighted by Gasteiger charge is -2.33. The van der Waals surface area contributed by atoms with Gasteiger partial charge in [-0.1, -0.05) is 19.3 Å². The minimum absolute atomic E-state index is 0.0817. The van der Waals surface area contributed by atoms with Gasteiger partial charge in [0.2, 0.25) is 0 Å². The number of hydrogen-bond acceptors (Lipinski definition) is 8. The molecule has 0 spiro atoms. The quantitative estimate of drug-likeness (QED) is 0.500. The van der Waals surface area contributed by atoms with Crippen molar-refractivity contribution >= 4 is 22.4 Å². The number of nitrogens with one attached hydrogen (secondary N) is 1. The van der Waals surface area contributed by atoms with Crippen LogP contribution in [0.5, 0.6) is 0 Å². The van der Waals surface area contributed by atoms with Gasteiger partial charge in [-0.2, -0.15) is 10.5 Å². The van der Waals surface area contributed by atoms with E-state index in [-0.39, 0.29) is 34.8 Å². The van der Waals surface area contributed by atoms with E-state index >= 15 is 0 Å². The summed E-state index contributed by atoms with van der Waals surface area (Å²) in [5.41, 5.74) is 3.63. The van der Waals surface area contributed by atoms with Crippen LogP contribution in [0.15, 0.2) is 35.1 Å². The first-order valence-corrected chi connectivity index (χ1v) is 13.6. The van der Waals surface area contributed by atoms with Gasteiger partial charge in [-0.15, -0.1) is 0 Å². The number of pyridine rings is 2. The Morgan fingerprint density at radius 2 is 1.93 bits per heavy atom. The number of nitrogens with zero attached hydrogens (tertiary/aromatic N) is 5. The molecule has 3 aromatic rings. The highest BCUT2D eigenvalue weighted by molar-refractivity contribution is 5.92. The van der Waals surface area contributed by atoms with E-state index in [2.05, 4.69) is 16.4 Å². The van der Waals surface area contributed by atoms with Crippen molar-refractivity contribution in [3.8, 4) is 12.1 Å². The van der Waals surface area contributed by atoms with E-state index in [9.17, 15) is 14.4 Å². The maximum Gasteiger partial charge on any atom is 0.270 e. The maximum absolute atomic E-state index is 12.9. The molecule has 0 amide bonds. The van der Waals surface area contributed by atoms with Gasteiger partial charge >= 0.3 is 0 Å². The average molecular weight is 547 g/mol. The molecule has 210 valence electrons. The summed E-state index contributed by atoms with van der Waals surface area (Å²) in [6, 6.07) is 12.4. The number of fused-ring (bicyclic) bond motifs is 1. The zero-order chi connectivity index (χ0) is 28.6. The third kappa shape index (κ3) is 6.59. The summed E-state index contributed by atoms with van der Waals surface area (Å²) in [4.78, 5) is 19.0. The second-order valence-electron chi connectivity index (χ2n) is 10.2. The summed E-state index contributed by atoms with van der Waals surface area (Å²) in [5, 5.41) is 22.0. The number of ether oxygens (including phenoxy) is 2. The normalized spacial score (nSPS) is 17.3. The molecular formula is C30H35FN6O3. The summed E-state index contributed by atoms with van der Waals surface area (Å²) in [6.45, 7) is 4.50. The molecule has 1 atom stereocenters. The third-order valence-electron chi connectivity index (χ3n) is 7.51. The van der Waals surface area contributed by atoms with Gasteiger partial charge in [0.1, 0.15) is 34.7 Å². The van der Waals surface area contributed by atoms with Gasteiger partial charge in [0.05, 0.1) is 37.1 Å². The van der Waals surface area contributed by atoms with Crippen LogP contribution < -0.4 is 15.8 Å². The summed E-state index contributed by atoms with van der Waals surface area (Å²) in [6.07, 6.45) is 5.68. The van der Waals surface area contributed by atoms with E-state index in [1.54, 1.807) is 25.2 Å². The Bertz CT molecular complexity index is 1480. The Morgan fingerprint density at radius 3 is 2.58 bits per heavy atom. The number of aryl methyl sites for hydroxylation is 2. The van der Waals surface area contributed by atoms with Crippen molar-refractivity contribution in [1.29, 1.82) is 10.5 Å². The molecule has 2 aromatic heterocycles. The molecule has 1 unspecified atom stereocenters. The fraction of sp³-hybridized carbons (Fsp3) is 0.467. The van der Waals surface area contributed by atoms with Gasteiger partial charge < -0.3 is 24.3 Å². The van der Waals surface area contributed by atoms with Crippen molar-refractivity contribution in [1.82, 2.24) is 9.55 Å². The van der Waals surface area contributed by atoms with Crippen LogP contribution in [0.4, 0.5) is 15.8 Å². The van der Waals surface area contributed by atoms with Crippen molar-refractivity contribution in [3.05, 3.63) is 63.3 Å². The molecule has 0 radical (unpaired) electrons. The van der Waals surface area contributed by atoms with Crippen LogP contribution in [0.1, 0.15) is 48.9 Å². The zero-order valence-corrected chi connectivity index (χ0v) is 23.2. The molecule has 2 fully saturated rings. The Kier molecular flexibility index (Phi) is 9.70. The molecule has 1 saturated heterocycles. The number of hydrogen-bond donors (Lipinski definition) is 1. The minimum atomic E-state index is -0.325. The molecule has 0 bridgehead atoms. The van der Waals surface area contributed by atoms with Gasteiger partial charge in [0.15, 0.2) is 0 Å². The molecule has 40 heavy (non-hydrogen) atoms.